The molecule has 0 bridgehead atoms. The van der Waals surface area contributed by atoms with Gasteiger partial charge in [0.15, 0.2) is 5.82 Å². The van der Waals surface area contributed by atoms with Crippen LogP contribution in [-0.2, 0) is 16.1 Å². The van der Waals surface area contributed by atoms with E-state index in [-0.39, 0.29) is 24.2 Å². The molecule has 0 radical (unpaired) electrons. The monoisotopic (exact) mass is 391 g/mol. The molecule has 1 atom stereocenters. The number of carbonyl (C=O) groups is 2. The number of likely N-dealkylation sites (tertiary alicyclic amines) is 1. The minimum atomic E-state index is -0.431. The van der Waals surface area contributed by atoms with Gasteiger partial charge in [0.25, 0.3) is 0 Å². The van der Waals surface area contributed by atoms with Crippen LogP contribution in [0.2, 0.25) is 0 Å². The van der Waals surface area contributed by atoms with Crippen molar-refractivity contribution in [3.63, 3.8) is 0 Å². The number of rotatable bonds is 6. The van der Waals surface area contributed by atoms with Crippen molar-refractivity contribution in [2.24, 2.45) is 5.92 Å². The van der Waals surface area contributed by atoms with Gasteiger partial charge in [-0.1, -0.05) is 42.5 Å². The maximum absolute atomic E-state index is 12.6. The van der Waals surface area contributed by atoms with E-state index >= 15 is 0 Å². The fourth-order valence-corrected chi connectivity index (χ4v) is 3.40. The topological polar surface area (TPSA) is 100 Å². The van der Waals surface area contributed by atoms with E-state index in [4.69, 9.17) is 4.74 Å². The van der Waals surface area contributed by atoms with Gasteiger partial charge >= 0.3 is 0 Å². The predicted molar refractivity (Wildman–Crippen MR) is 107 cm³/mol. The van der Waals surface area contributed by atoms with Gasteiger partial charge in [-0.3, -0.25) is 20.0 Å². The number of H-pyrrole nitrogens is 1. The molecule has 0 aliphatic carbocycles. The summed E-state index contributed by atoms with van der Waals surface area (Å²) < 4.78 is 5.33. The Labute approximate surface area is 167 Å². The Morgan fingerprint density at radius 2 is 1.97 bits per heavy atom. The highest BCUT2D eigenvalue weighted by atomic mass is 16.5. The fourth-order valence-electron chi connectivity index (χ4n) is 3.40. The van der Waals surface area contributed by atoms with Crippen molar-refractivity contribution in [1.29, 1.82) is 0 Å². The van der Waals surface area contributed by atoms with Crippen molar-refractivity contribution in [2.75, 3.05) is 19.0 Å². The highest BCUT2D eigenvalue weighted by Gasteiger charge is 2.34. The second-order valence-corrected chi connectivity index (χ2v) is 6.86. The first kappa shape index (κ1) is 18.7. The summed E-state index contributed by atoms with van der Waals surface area (Å²) in [5.41, 5.74) is 1.78. The summed E-state index contributed by atoms with van der Waals surface area (Å²) in [6.45, 7) is 0.880. The highest BCUT2D eigenvalue weighted by Crippen LogP contribution is 2.27. The summed E-state index contributed by atoms with van der Waals surface area (Å²) in [5, 5.41) is 9.58. The second-order valence-electron chi connectivity index (χ2n) is 6.86. The number of hydrogen-bond acceptors (Lipinski definition) is 5. The Bertz CT molecular complexity index is 1020. The van der Waals surface area contributed by atoms with Gasteiger partial charge in [0.05, 0.1) is 18.6 Å². The number of amides is 2. The molecule has 1 aromatic heterocycles. The van der Waals surface area contributed by atoms with Crippen LogP contribution in [0, 0.1) is 5.92 Å². The van der Waals surface area contributed by atoms with Crippen LogP contribution >= 0.6 is 0 Å². The van der Waals surface area contributed by atoms with Crippen molar-refractivity contribution < 1.29 is 14.3 Å². The van der Waals surface area contributed by atoms with Crippen LogP contribution in [0.4, 0.5) is 5.95 Å². The Balaban J connectivity index is 1.40. The zero-order valence-electron chi connectivity index (χ0n) is 16.0. The van der Waals surface area contributed by atoms with Gasteiger partial charge in [-0.25, -0.2) is 0 Å². The number of nitrogens with one attached hydrogen (secondary N) is 2. The average Bonchev–Trinajstić information content (AvgIpc) is 3.35. The molecule has 2 N–H and O–H groups in total. The fraction of sp³-hybridized carbons (Fsp3) is 0.238. The highest BCUT2D eigenvalue weighted by molar-refractivity contribution is 5.96. The molecule has 148 valence electrons. The van der Waals surface area contributed by atoms with Gasteiger partial charge in [0, 0.05) is 19.5 Å². The summed E-state index contributed by atoms with van der Waals surface area (Å²) in [6.07, 6.45) is 0.183. The van der Waals surface area contributed by atoms with Gasteiger partial charge in [-0.15, -0.1) is 5.10 Å². The summed E-state index contributed by atoms with van der Waals surface area (Å²) >= 11 is 0. The molecule has 2 amide bonds. The van der Waals surface area contributed by atoms with E-state index in [0.29, 0.717) is 24.7 Å². The lowest BCUT2D eigenvalue weighted by Crippen LogP contribution is -2.28. The molecule has 0 saturated carbocycles. The third kappa shape index (κ3) is 4.11. The number of para-hydroxylation sites is 1. The standard InChI is InChI=1S/C21H21N5O3/c1-29-17-10-6-5-9-16(17)19-22-21(25-24-19)23-20(28)15-11-18(27)26(13-15)12-14-7-3-2-4-8-14/h2-10,15H,11-13H2,1H3,(H2,22,23,24,25,28)/t15-/m0/s1. The smallest absolute Gasteiger partial charge is 0.249 e. The summed E-state index contributed by atoms with van der Waals surface area (Å²) in [6, 6.07) is 17.1. The molecule has 4 rings (SSSR count). The van der Waals surface area contributed by atoms with Gasteiger partial charge < -0.3 is 9.64 Å². The number of nitrogens with zero attached hydrogens (tertiary/aromatic N) is 3. The van der Waals surface area contributed by atoms with Gasteiger partial charge in [0.1, 0.15) is 5.75 Å². The first-order chi connectivity index (χ1) is 14.1. The third-order valence-corrected chi connectivity index (χ3v) is 4.88. The molecule has 3 aromatic rings. The van der Waals surface area contributed by atoms with E-state index in [0.717, 1.165) is 11.1 Å². The maximum Gasteiger partial charge on any atom is 0.249 e. The van der Waals surface area contributed by atoms with Gasteiger partial charge in [0.2, 0.25) is 17.8 Å². The Kier molecular flexibility index (Phi) is 5.24. The van der Waals surface area contributed by atoms with E-state index < -0.39 is 5.92 Å². The number of aromatic amines is 1. The molecule has 0 unspecified atom stereocenters. The first-order valence-corrected chi connectivity index (χ1v) is 9.32. The molecular formula is C21H21N5O3. The minimum Gasteiger partial charge on any atom is -0.496 e. The van der Waals surface area contributed by atoms with Crippen molar-refractivity contribution in [1.82, 2.24) is 20.1 Å². The normalized spacial score (nSPS) is 16.1. The molecular weight excluding hydrogens is 370 g/mol. The van der Waals surface area contributed by atoms with Crippen molar-refractivity contribution >= 4 is 17.8 Å². The number of hydrogen-bond donors (Lipinski definition) is 2. The van der Waals surface area contributed by atoms with Gasteiger partial charge in [-0.05, 0) is 17.7 Å². The molecule has 8 nitrogen and oxygen atoms in total. The number of ether oxygens (including phenoxy) is 1. The van der Waals surface area contributed by atoms with Crippen LogP contribution in [0.1, 0.15) is 12.0 Å². The van der Waals surface area contributed by atoms with Crippen LogP contribution in [0.15, 0.2) is 54.6 Å². The average molecular weight is 391 g/mol. The van der Waals surface area contributed by atoms with Crippen LogP contribution in [0.3, 0.4) is 0 Å². The number of aromatic nitrogens is 3. The number of anilines is 1. The molecule has 0 spiro atoms. The van der Waals surface area contributed by atoms with Crippen LogP contribution < -0.4 is 10.1 Å². The van der Waals surface area contributed by atoms with Gasteiger partial charge in [-0.2, -0.15) is 4.98 Å². The molecule has 1 aliphatic heterocycles. The minimum absolute atomic E-state index is 0.0290. The largest absolute Gasteiger partial charge is 0.496 e. The van der Waals surface area contributed by atoms with E-state index in [2.05, 4.69) is 20.5 Å². The predicted octanol–water partition coefficient (Wildman–Crippen LogP) is 2.47. The van der Waals surface area contributed by atoms with E-state index in [1.165, 1.54) is 0 Å². The van der Waals surface area contributed by atoms with Crippen LogP contribution in [-0.4, -0.2) is 45.6 Å². The van der Waals surface area contributed by atoms with Crippen molar-refractivity contribution in [3.05, 3.63) is 60.2 Å². The summed E-state index contributed by atoms with van der Waals surface area (Å²) in [7, 11) is 1.58. The molecule has 2 heterocycles. The van der Waals surface area contributed by atoms with E-state index in [1.807, 2.05) is 54.6 Å². The van der Waals surface area contributed by atoms with Crippen molar-refractivity contribution in [2.45, 2.75) is 13.0 Å². The maximum atomic E-state index is 12.6. The molecule has 1 aliphatic rings. The van der Waals surface area contributed by atoms with Crippen LogP contribution in [0.25, 0.3) is 11.4 Å². The molecule has 8 heteroatoms. The quantitative estimate of drug-likeness (QED) is 0.672. The zero-order valence-corrected chi connectivity index (χ0v) is 16.0. The van der Waals surface area contributed by atoms with Crippen molar-refractivity contribution in [3.8, 4) is 17.1 Å². The molecule has 2 aromatic carbocycles. The lowest BCUT2D eigenvalue weighted by molar-refractivity contribution is -0.128. The lowest BCUT2D eigenvalue weighted by Gasteiger charge is -2.16. The molecule has 1 fully saturated rings. The van der Waals surface area contributed by atoms with E-state index in [9.17, 15) is 9.59 Å². The lowest BCUT2D eigenvalue weighted by atomic mass is 10.1. The first-order valence-electron chi connectivity index (χ1n) is 9.32. The SMILES string of the molecule is COc1ccccc1-c1nc(NC(=O)[C@H]2CC(=O)N(Cc3ccccc3)C2)n[nH]1. The number of carbonyl (C=O) groups excluding carboxylic acids is 2. The third-order valence-electron chi connectivity index (χ3n) is 4.88. The Morgan fingerprint density at radius 1 is 1.21 bits per heavy atom. The summed E-state index contributed by atoms with van der Waals surface area (Å²) in [4.78, 5) is 31.0. The zero-order chi connectivity index (χ0) is 20.2. The number of methoxy groups -OCH3 is 1. The van der Waals surface area contributed by atoms with Crippen LogP contribution in [0.5, 0.6) is 5.75 Å². The molecule has 29 heavy (non-hydrogen) atoms. The Morgan fingerprint density at radius 3 is 2.76 bits per heavy atom. The van der Waals surface area contributed by atoms with E-state index in [1.54, 1.807) is 12.0 Å². The number of benzene rings is 2. The second kappa shape index (κ2) is 8.14. The summed E-state index contributed by atoms with van der Waals surface area (Å²) in [5.74, 6) is 0.591. The molecule has 1 saturated heterocycles. The Hall–Kier alpha value is -3.68.